The Morgan fingerprint density at radius 3 is 2.79 bits per heavy atom. The molecule has 0 amide bonds. The van der Waals surface area contributed by atoms with Crippen molar-refractivity contribution in [1.29, 1.82) is 0 Å². The van der Waals surface area contributed by atoms with Crippen LogP contribution in [0, 0.1) is 0 Å². The van der Waals surface area contributed by atoms with E-state index >= 15 is 0 Å². The van der Waals surface area contributed by atoms with E-state index in [9.17, 15) is 9.59 Å². The van der Waals surface area contributed by atoms with Crippen molar-refractivity contribution in [2.45, 2.75) is 37.5 Å². The lowest BCUT2D eigenvalue weighted by atomic mass is 10.4. The molecule has 3 aromatic rings. The van der Waals surface area contributed by atoms with Crippen molar-refractivity contribution < 1.29 is 0 Å². The highest BCUT2D eigenvalue weighted by Gasteiger charge is 2.13. The third-order valence-corrected chi connectivity index (χ3v) is 5.14. The zero-order valence-electron chi connectivity index (χ0n) is 13.0. The molecule has 0 saturated carbocycles. The van der Waals surface area contributed by atoms with E-state index in [0.717, 1.165) is 22.7 Å². The highest BCUT2D eigenvalue weighted by molar-refractivity contribution is 7.99. The third-order valence-electron chi connectivity index (χ3n) is 4.08. The zero-order valence-corrected chi connectivity index (χ0v) is 13.8. The fourth-order valence-corrected chi connectivity index (χ4v) is 3.83. The van der Waals surface area contributed by atoms with Crippen LogP contribution in [0.1, 0.15) is 12.8 Å². The first-order chi connectivity index (χ1) is 11.7. The lowest BCUT2D eigenvalue weighted by Crippen LogP contribution is -2.39. The van der Waals surface area contributed by atoms with Gasteiger partial charge in [0.05, 0.1) is 6.33 Å². The van der Waals surface area contributed by atoms with Gasteiger partial charge >= 0.3 is 5.69 Å². The minimum atomic E-state index is -0.250. The van der Waals surface area contributed by atoms with Gasteiger partial charge in [-0.2, -0.15) is 0 Å². The molecule has 2 bridgehead atoms. The highest BCUT2D eigenvalue weighted by atomic mass is 32.2. The van der Waals surface area contributed by atoms with Gasteiger partial charge in [0.15, 0.2) is 5.65 Å². The van der Waals surface area contributed by atoms with Crippen LogP contribution in [-0.2, 0) is 19.6 Å². The second kappa shape index (κ2) is 6.23. The molecule has 0 aromatic carbocycles. The summed E-state index contributed by atoms with van der Waals surface area (Å²) in [6.07, 6.45) is 6.33. The average molecular weight is 344 g/mol. The van der Waals surface area contributed by atoms with E-state index in [4.69, 9.17) is 0 Å². The predicted octanol–water partition coefficient (Wildman–Crippen LogP) is 0.736. The van der Waals surface area contributed by atoms with Crippen molar-refractivity contribution >= 4 is 22.9 Å². The monoisotopic (exact) mass is 344 g/mol. The van der Waals surface area contributed by atoms with Crippen molar-refractivity contribution in [2.75, 3.05) is 5.75 Å². The number of aromatic nitrogens is 6. The van der Waals surface area contributed by atoms with Gasteiger partial charge in [-0.15, -0.1) is 11.8 Å². The zero-order chi connectivity index (χ0) is 16.5. The molecule has 8 nitrogen and oxygen atoms in total. The summed E-state index contributed by atoms with van der Waals surface area (Å²) in [5.41, 5.74) is 1.12. The van der Waals surface area contributed by atoms with Crippen LogP contribution in [0.15, 0.2) is 39.5 Å². The maximum Gasteiger partial charge on any atom is 0.330 e. The van der Waals surface area contributed by atoms with Gasteiger partial charge in [-0.3, -0.25) is 9.36 Å². The smallest absolute Gasteiger partial charge is 0.327 e. The van der Waals surface area contributed by atoms with E-state index in [0.29, 0.717) is 31.7 Å². The van der Waals surface area contributed by atoms with Crippen LogP contribution in [0.4, 0.5) is 0 Å². The molecule has 9 heteroatoms. The number of imidazole rings is 1. The highest BCUT2D eigenvalue weighted by Crippen LogP contribution is 2.25. The molecule has 124 valence electrons. The largest absolute Gasteiger partial charge is 0.330 e. The Morgan fingerprint density at radius 2 is 1.88 bits per heavy atom. The van der Waals surface area contributed by atoms with Crippen LogP contribution in [0.5, 0.6) is 0 Å². The maximum atomic E-state index is 12.4. The van der Waals surface area contributed by atoms with E-state index in [1.807, 2.05) is 4.57 Å². The molecule has 0 aliphatic carbocycles. The summed E-state index contributed by atoms with van der Waals surface area (Å²) < 4.78 is 4.92. The summed E-state index contributed by atoms with van der Waals surface area (Å²) in [6.45, 7) is 1.62. The number of aryl methyl sites for hydroxylation is 2. The summed E-state index contributed by atoms with van der Waals surface area (Å²) in [6, 6.07) is 1.46. The quantitative estimate of drug-likeness (QED) is 0.559. The number of fused-ring (bicyclic) bond motifs is 2. The molecular weight excluding hydrogens is 328 g/mol. The molecule has 0 radical (unpaired) electrons. The molecule has 4 heterocycles. The lowest BCUT2D eigenvalue weighted by Gasteiger charge is -2.09. The average Bonchev–Trinajstić information content (AvgIpc) is 3.00. The second-order valence-corrected chi connectivity index (χ2v) is 6.71. The molecule has 0 atom stereocenters. The minimum Gasteiger partial charge on any atom is -0.327 e. The third kappa shape index (κ3) is 2.64. The molecule has 0 spiro atoms. The summed E-state index contributed by atoms with van der Waals surface area (Å²) in [5.74, 6) is 0.822. The van der Waals surface area contributed by atoms with E-state index in [2.05, 4.69) is 15.0 Å². The Morgan fingerprint density at radius 1 is 1.00 bits per heavy atom. The Balaban J connectivity index is 1.75. The fourth-order valence-electron chi connectivity index (χ4n) is 2.89. The number of thioether (sulfide) groups is 1. The molecule has 24 heavy (non-hydrogen) atoms. The van der Waals surface area contributed by atoms with Gasteiger partial charge in [-0.05, 0) is 12.8 Å². The Hall–Kier alpha value is -2.42. The number of hydrogen-bond donors (Lipinski definition) is 0. The first kappa shape index (κ1) is 15.1. The van der Waals surface area contributed by atoms with Crippen molar-refractivity contribution in [3.8, 4) is 0 Å². The predicted molar refractivity (Wildman–Crippen MR) is 90.2 cm³/mol. The maximum absolute atomic E-state index is 12.4. The van der Waals surface area contributed by atoms with Crippen molar-refractivity contribution in [2.24, 2.45) is 0 Å². The van der Waals surface area contributed by atoms with Gasteiger partial charge in [0.2, 0.25) is 0 Å². The van der Waals surface area contributed by atoms with Crippen LogP contribution >= 0.6 is 11.8 Å². The summed E-state index contributed by atoms with van der Waals surface area (Å²) in [5, 5.41) is 0.910. The first-order valence-corrected chi connectivity index (χ1v) is 8.81. The Labute approximate surface area is 141 Å². The summed E-state index contributed by atoms with van der Waals surface area (Å²) in [4.78, 5) is 37.3. The second-order valence-electron chi connectivity index (χ2n) is 5.63. The van der Waals surface area contributed by atoms with E-state index < -0.39 is 0 Å². The first-order valence-electron chi connectivity index (χ1n) is 7.83. The van der Waals surface area contributed by atoms with Gasteiger partial charge in [0, 0.05) is 37.7 Å². The lowest BCUT2D eigenvalue weighted by molar-refractivity contribution is 0.506. The molecule has 4 rings (SSSR count). The summed E-state index contributed by atoms with van der Waals surface area (Å²) >= 11 is 1.64. The van der Waals surface area contributed by atoms with Crippen molar-refractivity contribution in [1.82, 2.24) is 28.7 Å². The molecule has 0 fully saturated rings. The minimum absolute atomic E-state index is 0.236. The van der Waals surface area contributed by atoms with Crippen molar-refractivity contribution in [3.63, 3.8) is 0 Å². The van der Waals surface area contributed by atoms with Crippen molar-refractivity contribution in [3.05, 3.63) is 45.8 Å². The van der Waals surface area contributed by atoms with Gasteiger partial charge in [0.25, 0.3) is 5.56 Å². The SMILES string of the molecule is O=c1ccn2c(=O)n1CCCn1cnc3ncnc(c31)SCCC2. The van der Waals surface area contributed by atoms with Crippen LogP contribution in [-0.4, -0.2) is 34.4 Å². The molecule has 1 aliphatic rings. The number of rotatable bonds is 0. The number of hydrogen-bond acceptors (Lipinski definition) is 6. The Kier molecular flexibility index (Phi) is 3.93. The molecule has 1 aliphatic heterocycles. The van der Waals surface area contributed by atoms with E-state index in [1.165, 1.54) is 17.0 Å². The Bertz CT molecular complexity index is 1010. The molecule has 0 N–H and O–H groups in total. The van der Waals surface area contributed by atoms with Crippen LogP contribution in [0.25, 0.3) is 11.2 Å². The van der Waals surface area contributed by atoms with Gasteiger partial charge in [0.1, 0.15) is 16.9 Å². The number of nitrogens with zero attached hydrogens (tertiary/aromatic N) is 6. The molecule has 3 aromatic heterocycles. The standard InChI is InChI=1S/C15H16N6O2S/c22-11-3-7-19-5-2-8-24-14-12-13(16-9-17-14)18-10-20(12)4-1-6-21(11)15(19)23/h3,7,9-10H,1-2,4-6,8H2. The topological polar surface area (TPSA) is 87.6 Å². The van der Waals surface area contributed by atoms with Crippen LogP contribution in [0.2, 0.25) is 0 Å². The normalized spacial score (nSPS) is 15.5. The van der Waals surface area contributed by atoms with Gasteiger partial charge < -0.3 is 9.13 Å². The van der Waals surface area contributed by atoms with E-state index in [-0.39, 0.29) is 11.2 Å². The fraction of sp³-hybridized carbons (Fsp3) is 0.400. The van der Waals surface area contributed by atoms with E-state index in [1.54, 1.807) is 28.9 Å². The summed E-state index contributed by atoms with van der Waals surface area (Å²) in [7, 11) is 0. The molecule has 0 unspecified atom stereocenters. The van der Waals surface area contributed by atoms with Crippen LogP contribution < -0.4 is 11.2 Å². The molecular formula is C15H16N6O2S. The van der Waals surface area contributed by atoms with Gasteiger partial charge in [-0.25, -0.2) is 19.7 Å². The molecule has 0 saturated heterocycles. The van der Waals surface area contributed by atoms with Gasteiger partial charge in [-0.1, -0.05) is 0 Å². The van der Waals surface area contributed by atoms with Crippen LogP contribution in [0.3, 0.4) is 0 Å².